The quantitative estimate of drug-likeness (QED) is 0.876. The molecule has 100 valence electrons. The number of nitriles is 1. The predicted octanol–water partition coefficient (Wildman–Crippen LogP) is 3.07. The second-order valence-electron chi connectivity index (χ2n) is 4.11. The van der Waals surface area contributed by atoms with E-state index in [1.807, 2.05) is 31.2 Å². The lowest BCUT2D eigenvalue weighted by molar-refractivity contribution is -0.115. The Balaban J connectivity index is 1.99. The van der Waals surface area contributed by atoms with E-state index in [1.54, 1.807) is 30.5 Å². The molecule has 0 saturated heterocycles. The summed E-state index contributed by atoms with van der Waals surface area (Å²) in [6.45, 7) is 1.82. The molecule has 5 heteroatoms. The molecule has 2 aromatic rings. The van der Waals surface area contributed by atoms with Gasteiger partial charge >= 0.3 is 0 Å². The first-order chi connectivity index (χ1) is 9.69. The number of rotatable bonds is 4. The first kappa shape index (κ1) is 14.1. The summed E-state index contributed by atoms with van der Waals surface area (Å²) in [5.74, 6) is -0.115. The van der Waals surface area contributed by atoms with Gasteiger partial charge in [-0.3, -0.25) is 4.79 Å². The summed E-state index contributed by atoms with van der Waals surface area (Å²) in [4.78, 5) is 16.2. The van der Waals surface area contributed by atoms with Gasteiger partial charge in [-0.2, -0.15) is 5.26 Å². The van der Waals surface area contributed by atoms with Gasteiger partial charge in [-0.25, -0.2) is 4.98 Å². The van der Waals surface area contributed by atoms with E-state index in [4.69, 9.17) is 5.26 Å². The van der Waals surface area contributed by atoms with Crippen LogP contribution in [0.5, 0.6) is 0 Å². The fourth-order valence-corrected chi connectivity index (χ4v) is 2.37. The highest BCUT2D eigenvalue weighted by molar-refractivity contribution is 8.00. The molecule has 0 spiro atoms. The lowest BCUT2D eigenvalue weighted by Crippen LogP contribution is -2.22. The van der Waals surface area contributed by atoms with Gasteiger partial charge in [0.15, 0.2) is 0 Å². The second-order valence-corrected chi connectivity index (χ2v) is 5.47. The van der Waals surface area contributed by atoms with Crippen molar-refractivity contribution in [1.82, 2.24) is 4.98 Å². The van der Waals surface area contributed by atoms with Crippen LogP contribution in [0.2, 0.25) is 0 Å². The molecule has 2 rings (SSSR count). The summed E-state index contributed by atoms with van der Waals surface area (Å²) in [5.41, 5.74) is 1.15. The van der Waals surface area contributed by atoms with Crippen molar-refractivity contribution in [3.8, 4) is 6.07 Å². The summed E-state index contributed by atoms with van der Waals surface area (Å²) >= 11 is 1.39. The standard InChI is InChI=1S/C15H13N3OS/c1-11(20-14-7-2-3-8-17-14)15(19)18-13-6-4-5-12(9-13)10-16/h2-9,11H,1H3,(H,18,19)/t11-/m0/s1. The number of nitrogens with zero attached hydrogens (tertiary/aromatic N) is 2. The molecule has 1 aromatic heterocycles. The Morgan fingerprint density at radius 2 is 2.20 bits per heavy atom. The van der Waals surface area contributed by atoms with Crippen molar-refractivity contribution in [2.75, 3.05) is 5.32 Å². The zero-order valence-electron chi connectivity index (χ0n) is 10.9. The SMILES string of the molecule is C[C@H](Sc1ccccn1)C(=O)Nc1cccc(C#N)c1. The maximum absolute atomic E-state index is 12.1. The van der Waals surface area contributed by atoms with Gasteiger partial charge in [0.2, 0.25) is 5.91 Å². The van der Waals surface area contributed by atoms with Crippen LogP contribution in [-0.2, 0) is 4.79 Å². The van der Waals surface area contributed by atoms with Gasteiger partial charge in [0.1, 0.15) is 0 Å². The zero-order chi connectivity index (χ0) is 14.4. The second kappa shape index (κ2) is 6.73. The van der Waals surface area contributed by atoms with Gasteiger partial charge in [0, 0.05) is 11.9 Å². The number of benzene rings is 1. The van der Waals surface area contributed by atoms with E-state index >= 15 is 0 Å². The number of aromatic nitrogens is 1. The molecule has 1 N–H and O–H groups in total. The number of carbonyl (C=O) groups is 1. The Morgan fingerprint density at radius 3 is 2.90 bits per heavy atom. The number of nitrogens with one attached hydrogen (secondary N) is 1. The van der Waals surface area contributed by atoms with Crippen molar-refractivity contribution in [2.24, 2.45) is 0 Å². The van der Waals surface area contributed by atoms with Crippen LogP contribution in [-0.4, -0.2) is 16.1 Å². The lowest BCUT2D eigenvalue weighted by Gasteiger charge is -2.11. The highest BCUT2D eigenvalue weighted by Gasteiger charge is 2.15. The average molecular weight is 283 g/mol. The number of thioether (sulfide) groups is 1. The molecule has 4 nitrogen and oxygen atoms in total. The number of carbonyl (C=O) groups excluding carboxylic acids is 1. The average Bonchev–Trinajstić information content (AvgIpc) is 2.48. The minimum atomic E-state index is -0.268. The molecule has 1 aromatic carbocycles. The predicted molar refractivity (Wildman–Crippen MR) is 79.3 cm³/mol. The molecule has 1 atom stereocenters. The van der Waals surface area contributed by atoms with E-state index in [0.29, 0.717) is 11.3 Å². The van der Waals surface area contributed by atoms with Crippen LogP contribution in [0.1, 0.15) is 12.5 Å². The number of pyridine rings is 1. The maximum Gasteiger partial charge on any atom is 0.237 e. The van der Waals surface area contributed by atoms with Gasteiger partial charge in [0.05, 0.1) is 21.9 Å². The topological polar surface area (TPSA) is 65.8 Å². The van der Waals surface area contributed by atoms with Crippen molar-refractivity contribution >= 4 is 23.4 Å². The number of hydrogen-bond acceptors (Lipinski definition) is 4. The summed E-state index contributed by atoms with van der Waals surface area (Å²) in [6, 6.07) is 14.5. The molecule has 0 radical (unpaired) electrons. The molecule has 1 heterocycles. The minimum Gasteiger partial charge on any atom is -0.325 e. The minimum absolute atomic E-state index is 0.115. The first-order valence-electron chi connectivity index (χ1n) is 6.08. The molecule has 0 aliphatic heterocycles. The molecule has 0 aliphatic rings. The molecular formula is C15H13N3OS. The molecule has 0 fully saturated rings. The van der Waals surface area contributed by atoms with Crippen LogP contribution in [0.25, 0.3) is 0 Å². The lowest BCUT2D eigenvalue weighted by atomic mass is 10.2. The first-order valence-corrected chi connectivity index (χ1v) is 6.96. The summed E-state index contributed by atoms with van der Waals surface area (Å²) in [5, 5.41) is 12.2. The van der Waals surface area contributed by atoms with E-state index in [1.165, 1.54) is 11.8 Å². The molecule has 0 unspecified atom stereocenters. The van der Waals surface area contributed by atoms with E-state index in [2.05, 4.69) is 10.3 Å². The molecular weight excluding hydrogens is 270 g/mol. The van der Waals surface area contributed by atoms with Crippen molar-refractivity contribution in [3.63, 3.8) is 0 Å². The summed E-state index contributed by atoms with van der Waals surface area (Å²) in [7, 11) is 0. The number of hydrogen-bond donors (Lipinski definition) is 1. The van der Waals surface area contributed by atoms with Crippen molar-refractivity contribution < 1.29 is 4.79 Å². The fraction of sp³-hybridized carbons (Fsp3) is 0.133. The van der Waals surface area contributed by atoms with Crippen LogP contribution >= 0.6 is 11.8 Å². The third-order valence-electron chi connectivity index (χ3n) is 2.56. The number of anilines is 1. The largest absolute Gasteiger partial charge is 0.325 e. The highest BCUT2D eigenvalue weighted by Crippen LogP contribution is 2.21. The van der Waals surface area contributed by atoms with E-state index in [9.17, 15) is 4.79 Å². The monoisotopic (exact) mass is 283 g/mol. The maximum atomic E-state index is 12.1. The van der Waals surface area contributed by atoms with Crippen LogP contribution in [0.3, 0.4) is 0 Å². The molecule has 0 saturated carbocycles. The fourth-order valence-electron chi connectivity index (χ4n) is 1.56. The highest BCUT2D eigenvalue weighted by atomic mass is 32.2. The van der Waals surface area contributed by atoms with Gasteiger partial charge in [-0.15, -0.1) is 0 Å². The van der Waals surface area contributed by atoms with Gasteiger partial charge in [-0.05, 0) is 37.3 Å². The van der Waals surface area contributed by atoms with Crippen LogP contribution in [0.4, 0.5) is 5.69 Å². The van der Waals surface area contributed by atoms with Crippen molar-refractivity contribution in [2.45, 2.75) is 17.2 Å². The third kappa shape index (κ3) is 3.84. The Labute approximate surface area is 121 Å². The Bertz CT molecular complexity index is 637. The van der Waals surface area contributed by atoms with Crippen LogP contribution in [0, 0.1) is 11.3 Å². The van der Waals surface area contributed by atoms with Crippen molar-refractivity contribution in [1.29, 1.82) is 5.26 Å². The van der Waals surface area contributed by atoms with E-state index < -0.39 is 0 Å². The summed E-state index contributed by atoms with van der Waals surface area (Å²) < 4.78 is 0. The Kier molecular flexibility index (Phi) is 4.75. The Hall–Kier alpha value is -2.32. The van der Waals surface area contributed by atoms with E-state index in [-0.39, 0.29) is 11.2 Å². The third-order valence-corrected chi connectivity index (χ3v) is 3.61. The molecule has 20 heavy (non-hydrogen) atoms. The Morgan fingerprint density at radius 1 is 1.35 bits per heavy atom. The van der Waals surface area contributed by atoms with Crippen LogP contribution in [0.15, 0.2) is 53.7 Å². The number of amides is 1. The molecule has 0 bridgehead atoms. The van der Waals surface area contributed by atoms with Gasteiger partial charge in [-0.1, -0.05) is 23.9 Å². The van der Waals surface area contributed by atoms with Crippen molar-refractivity contribution in [3.05, 3.63) is 54.2 Å². The van der Waals surface area contributed by atoms with Crippen LogP contribution < -0.4 is 5.32 Å². The normalized spacial score (nSPS) is 11.4. The summed E-state index contributed by atoms with van der Waals surface area (Å²) in [6.07, 6.45) is 1.70. The zero-order valence-corrected chi connectivity index (χ0v) is 11.7. The van der Waals surface area contributed by atoms with E-state index in [0.717, 1.165) is 5.03 Å². The molecule has 0 aliphatic carbocycles. The molecule has 1 amide bonds. The van der Waals surface area contributed by atoms with Gasteiger partial charge in [0.25, 0.3) is 0 Å². The van der Waals surface area contributed by atoms with Gasteiger partial charge < -0.3 is 5.32 Å². The smallest absolute Gasteiger partial charge is 0.237 e.